The van der Waals surface area contributed by atoms with Crippen LogP contribution in [0.1, 0.15) is 29.8 Å². The summed E-state index contributed by atoms with van der Waals surface area (Å²) in [7, 11) is 0. The molecule has 6 nitrogen and oxygen atoms in total. The Kier molecular flexibility index (Phi) is 5.28. The van der Waals surface area contributed by atoms with Crippen molar-refractivity contribution >= 4 is 22.9 Å². The number of piperazine rings is 1. The SMILES string of the molecule is Nc1ccc(-c2nc3c(s2)CN(CC(=O)N2CCN(C4CCC4)CC2)CC3)cc1. The van der Waals surface area contributed by atoms with Gasteiger partial charge in [0.2, 0.25) is 5.91 Å². The first-order valence-electron chi connectivity index (χ1n) is 10.7. The largest absolute Gasteiger partial charge is 0.399 e. The van der Waals surface area contributed by atoms with Gasteiger partial charge < -0.3 is 10.6 Å². The Labute approximate surface area is 176 Å². The average Bonchev–Trinajstić information content (AvgIpc) is 3.11. The van der Waals surface area contributed by atoms with E-state index in [0.717, 1.165) is 68.0 Å². The van der Waals surface area contributed by atoms with Crippen LogP contribution in [0.25, 0.3) is 10.6 Å². The van der Waals surface area contributed by atoms with Crippen LogP contribution in [0.2, 0.25) is 0 Å². The highest BCUT2D eigenvalue weighted by atomic mass is 32.1. The Bertz CT molecular complexity index is 868. The Morgan fingerprint density at radius 3 is 2.55 bits per heavy atom. The van der Waals surface area contributed by atoms with E-state index in [9.17, 15) is 4.79 Å². The number of nitrogens with two attached hydrogens (primary N) is 1. The monoisotopic (exact) mass is 411 g/mol. The normalized spacial score (nSPS) is 21.0. The third-order valence-electron chi connectivity index (χ3n) is 6.58. The number of hydrogen-bond donors (Lipinski definition) is 1. The molecule has 1 saturated heterocycles. The molecule has 3 aliphatic rings. The van der Waals surface area contributed by atoms with Crippen LogP contribution < -0.4 is 5.73 Å². The van der Waals surface area contributed by atoms with E-state index in [0.29, 0.717) is 6.54 Å². The van der Waals surface area contributed by atoms with E-state index >= 15 is 0 Å². The number of thiazole rings is 1. The second kappa shape index (κ2) is 8.05. The number of fused-ring (bicyclic) bond motifs is 1. The van der Waals surface area contributed by atoms with Gasteiger partial charge in [0.15, 0.2) is 0 Å². The van der Waals surface area contributed by atoms with Crippen molar-refractivity contribution in [2.75, 3.05) is 45.0 Å². The number of benzene rings is 1. The summed E-state index contributed by atoms with van der Waals surface area (Å²) in [4.78, 5) is 25.9. The van der Waals surface area contributed by atoms with Gasteiger partial charge in [0.1, 0.15) is 5.01 Å². The van der Waals surface area contributed by atoms with Crippen LogP contribution in [0.3, 0.4) is 0 Å². The summed E-state index contributed by atoms with van der Waals surface area (Å²) in [5.41, 5.74) is 8.88. The van der Waals surface area contributed by atoms with Crippen LogP contribution in [-0.2, 0) is 17.8 Å². The Hall–Kier alpha value is -1.96. The van der Waals surface area contributed by atoms with Crippen molar-refractivity contribution in [2.45, 2.75) is 38.3 Å². The zero-order valence-corrected chi connectivity index (χ0v) is 17.7. The smallest absolute Gasteiger partial charge is 0.236 e. The molecule has 7 heteroatoms. The predicted octanol–water partition coefficient (Wildman–Crippen LogP) is 2.45. The van der Waals surface area contributed by atoms with Gasteiger partial charge in [-0.1, -0.05) is 6.42 Å². The number of hydrogen-bond acceptors (Lipinski definition) is 6. The number of amides is 1. The first kappa shape index (κ1) is 19.0. The van der Waals surface area contributed by atoms with E-state index in [1.807, 2.05) is 24.3 Å². The molecule has 2 fully saturated rings. The molecule has 1 saturated carbocycles. The van der Waals surface area contributed by atoms with E-state index < -0.39 is 0 Å². The Balaban J connectivity index is 1.17. The van der Waals surface area contributed by atoms with Crippen molar-refractivity contribution in [1.82, 2.24) is 19.7 Å². The molecule has 3 heterocycles. The minimum atomic E-state index is 0.282. The summed E-state index contributed by atoms with van der Waals surface area (Å²) >= 11 is 1.75. The van der Waals surface area contributed by atoms with Crippen LogP contribution in [-0.4, -0.2) is 70.9 Å². The van der Waals surface area contributed by atoms with Crippen molar-refractivity contribution in [3.63, 3.8) is 0 Å². The van der Waals surface area contributed by atoms with Crippen molar-refractivity contribution < 1.29 is 4.79 Å². The number of rotatable bonds is 4. The van der Waals surface area contributed by atoms with Gasteiger partial charge in [-0.25, -0.2) is 4.98 Å². The number of aromatic nitrogens is 1. The van der Waals surface area contributed by atoms with Crippen LogP contribution in [0.15, 0.2) is 24.3 Å². The molecule has 2 aliphatic heterocycles. The number of carbonyl (C=O) groups excluding carboxylic acids is 1. The highest BCUT2D eigenvalue weighted by Crippen LogP contribution is 2.32. The molecule has 0 bridgehead atoms. The molecule has 29 heavy (non-hydrogen) atoms. The lowest BCUT2D eigenvalue weighted by molar-refractivity contribution is -0.135. The van der Waals surface area contributed by atoms with Gasteiger partial charge in [-0.15, -0.1) is 11.3 Å². The van der Waals surface area contributed by atoms with E-state index in [2.05, 4.69) is 14.7 Å². The molecule has 1 amide bonds. The predicted molar refractivity (Wildman–Crippen MR) is 117 cm³/mol. The third kappa shape index (κ3) is 4.04. The first-order valence-corrected chi connectivity index (χ1v) is 11.6. The lowest BCUT2D eigenvalue weighted by Gasteiger charge is -2.43. The lowest BCUT2D eigenvalue weighted by Crippen LogP contribution is -2.55. The summed E-state index contributed by atoms with van der Waals surface area (Å²) in [5, 5.41) is 1.05. The van der Waals surface area contributed by atoms with Crippen molar-refractivity contribution in [3.05, 3.63) is 34.8 Å². The molecule has 2 N–H and O–H groups in total. The molecule has 1 aromatic carbocycles. The fourth-order valence-corrected chi connectivity index (χ4v) is 5.67. The van der Waals surface area contributed by atoms with E-state index in [4.69, 9.17) is 10.7 Å². The molecule has 5 rings (SSSR count). The number of nitrogens with zero attached hydrogens (tertiary/aromatic N) is 4. The average molecular weight is 412 g/mol. The molecule has 2 aromatic rings. The van der Waals surface area contributed by atoms with Gasteiger partial charge in [0, 0.05) is 67.9 Å². The van der Waals surface area contributed by atoms with Gasteiger partial charge in [-0.2, -0.15) is 0 Å². The maximum absolute atomic E-state index is 12.8. The number of anilines is 1. The summed E-state index contributed by atoms with van der Waals surface area (Å²) in [6.07, 6.45) is 4.98. The summed E-state index contributed by atoms with van der Waals surface area (Å²) in [6, 6.07) is 8.69. The second-order valence-corrected chi connectivity index (χ2v) is 9.56. The Morgan fingerprint density at radius 2 is 1.86 bits per heavy atom. The van der Waals surface area contributed by atoms with Gasteiger partial charge in [-0.3, -0.25) is 14.6 Å². The fourth-order valence-electron chi connectivity index (χ4n) is 4.51. The maximum atomic E-state index is 12.8. The molecule has 0 unspecified atom stereocenters. The highest BCUT2D eigenvalue weighted by molar-refractivity contribution is 7.15. The standard InChI is InChI=1S/C22H29N5OS/c23-17-6-4-16(5-7-17)22-24-19-8-9-25(14-20(19)29-22)15-21(28)27-12-10-26(11-13-27)18-2-1-3-18/h4-7,18H,1-3,8-15,23H2. The molecular formula is C22H29N5OS. The maximum Gasteiger partial charge on any atom is 0.236 e. The van der Waals surface area contributed by atoms with E-state index in [1.165, 1.54) is 29.8 Å². The van der Waals surface area contributed by atoms with Gasteiger partial charge in [0.25, 0.3) is 0 Å². The number of carbonyl (C=O) groups is 1. The third-order valence-corrected chi connectivity index (χ3v) is 7.72. The van der Waals surface area contributed by atoms with Crippen LogP contribution in [0.4, 0.5) is 5.69 Å². The van der Waals surface area contributed by atoms with E-state index in [1.54, 1.807) is 11.3 Å². The minimum absolute atomic E-state index is 0.282. The molecule has 154 valence electrons. The van der Waals surface area contributed by atoms with Crippen molar-refractivity contribution in [2.24, 2.45) is 0 Å². The molecule has 1 aromatic heterocycles. The van der Waals surface area contributed by atoms with Crippen LogP contribution >= 0.6 is 11.3 Å². The van der Waals surface area contributed by atoms with Gasteiger partial charge in [-0.05, 0) is 37.1 Å². The quantitative estimate of drug-likeness (QED) is 0.783. The molecule has 0 spiro atoms. The second-order valence-electron chi connectivity index (χ2n) is 8.47. The summed E-state index contributed by atoms with van der Waals surface area (Å²) < 4.78 is 0. The van der Waals surface area contributed by atoms with Crippen molar-refractivity contribution in [3.8, 4) is 10.6 Å². The topological polar surface area (TPSA) is 65.7 Å². The lowest BCUT2D eigenvalue weighted by atomic mass is 9.91. The van der Waals surface area contributed by atoms with Crippen molar-refractivity contribution in [1.29, 1.82) is 0 Å². The summed E-state index contributed by atoms with van der Waals surface area (Å²) in [6.45, 7) is 6.12. The summed E-state index contributed by atoms with van der Waals surface area (Å²) in [5.74, 6) is 0.282. The number of nitrogen functional groups attached to an aromatic ring is 1. The van der Waals surface area contributed by atoms with Gasteiger partial charge in [0.05, 0.1) is 12.2 Å². The van der Waals surface area contributed by atoms with Gasteiger partial charge >= 0.3 is 0 Å². The fraction of sp³-hybridized carbons (Fsp3) is 0.545. The molecular weight excluding hydrogens is 382 g/mol. The van der Waals surface area contributed by atoms with E-state index in [-0.39, 0.29) is 5.91 Å². The molecule has 0 radical (unpaired) electrons. The molecule has 0 atom stereocenters. The minimum Gasteiger partial charge on any atom is -0.399 e. The zero-order chi connectivity index (χ0) is 19.8. The van der Waals surface area contributed by atoms with Crippen LogP contribution in [0, 0.1) is 0 Å². The Morgan fingerprint density at radius 1 is 1.10 bits per heavy atom. The van der Waals surface area contributed by atoms with Crippen LogP contribution in [0.5, 0.6) is 0 Å². The highest BCUT2D eigenvalue weighted by Gasteiger charge is 2.30. The first-order chi connectivity index (χ1) is 14.2. The zero-order valence-electron chi connectivity index (χ0n) is 16.8. The molecule has 1 aliphatic carbocycles.